The van der Waals surface area contributed by atoms with E-state index in [1.54, 1.807) is 18.2 Å². The van der Waals surface area contributed by atoms with Crippen LogP contribution in [0.25, 0.3) is 0 Å². The minimum atomic E-state index is -0.409. The topological polar surface area (TPSA) is 64.3 Å². The lowest BCUT2D eigenvalue weighted by atomic mass is 10.2. The van der Waals surface area contributed by atoms with Crippen LogP contribution in [0.5, 0.6) is 0 Å². The molecule has 0 bridgehead atoms. The molecule has 0 aliphatic rings. The van der Waals surface area contributed by atoms with E-state index in [0.29, 0.717) is 11.3 Å². The molecule has 3 N–H and O–H groups in total. The minimum Gasteiger partial charge on any atom is -0.465 e. The monoisotopic (exact) mass is 288 g/mol. The molecule has 0 fully saturated rings. The molecule has 0 atom stereocenters. The van der Waals surface area contributed by atoms with E-state index in [1.807, 2.05) is 0 Å². The molecule has 1 aromatic rings. The van der Waals surface area contributed by atoms with Crippen molar-refractivity contribution >= 4 is 44.9 Å². The SMILES string of the molecule is COC(=O)c1ccc(Br)c(NC(N)=S)c1. The normalized spacial score (nSPS) is 9.47. The van der Waals surface area contributed by atoms with E-state index in [1.165, 1.54) is 7.11 Å². The third kappa shape index (κ3) is 3.17. The highest BCUT2D eigenvalue weighted by Gasteiger charge is 2.08. The van der Waals surface area contributed by atoms with Crippen LogP contribution in [0.15, 0.2) is 22.7 Å². The van der Waals surface area contributed by atoms with Crippen molar-refractivity contribution < 1.29 is 9.53 Å². The quantitative estimate of drug-likeness (QED) is 0.643. The summed E-state index contributed by atoms with van der Waals surface area (Å²) < 4.78 is 5.36. The van der Waals surface area contributed by atoms with E-state index < -0.39 is 5.97 Å². The van der Waals surface area contributed by atoms with Crippen molar-refractivity contribution in [2.75, 3.05) is 12.4 Å². The van der Waals surface area contributed by atoms with Crippen LogP contribution in [0, 0.1) is 0 Å². The third-order valence-electron chi connectivity index (χ3n) is 1.65. The maximum Gasteiger partial charge on any atom is 0.337 e. The van der Waals surface area contributed by atoms with E-state index in [-0.39, 0.29) is 5.11 Å². The first-order valence-corrected chi connectivity index (χ1v) is 5.19. The Bertz CT molecular complexity index is 409. The van der Waals surface area contributed by atoms with Gasteiger partial charge in [0, 0.05) is 4.47 Å². The molecule has 0 spiro atoms. The number of ether oxygens (including phenoxy) is 1. The van der Waals surface area contributed by atoms with Gasteiger partial charge in [0.1, 0.15) is 0 Å². The summed E-state index contributed by atoms with van der Waals surface area (Å²) in [5, 5.41) is 2.88. The number of halogens is 1. The van der Waals surface area contributed by atoms with Crippen molar-refractivity contribution in [1.29, 1.82) is 0 Å². The average Bonchev–Trinajstić information content (AvgIpc) is 2.19. The Kier molecular flexibility index (Phi) is 4.05. The Hall–Kier alpha value is -1.14. The molecule has 1 rings (SSSR count). The summed E-state index contributed by atoms with van der Waals surface area (Å²) in [6.07, 6.45) is 0. The van der Waals surface area contributed by atoms with Crippen molar-refractivity contribution in [2.24, 2.45) is 5.73 Å². The average molecular weight is 289 g/mol. The highest BCUT2D eigenvalue weighted by molar-refractivity contribution is 9.10. The number of hydrogen-bond acceptors (Lipinski definition) is 3. The van der Waals surface area contributed by atoms with E-state index in [4.69, 9.17) is 18.0 Å². The van der Waals surface area contributed by atoms with Gasteiger partial charge in [0.2, 0.25) is 0 Å². The van der Waals surface area contributed by atoms with Gasteiger partial charge in [-0.05, 0) is 46.3 Å². The van der Waals surface area contributed by atoms with Gasteiger partial charge in [0.05, 0.1) is 18.4 Å². The predicted octanol–water partition coefficient (Wildman–Crippen LogP) is 1.89. The summed E-state index contributed by atoms with van der Waals surface area (Å²) in [7, 11) is 1.32. The van der Waals surface area contributed by atoms with Gasteiger partial charge < -0.3 is 15.8 Å². The van der Waals surface area contributed by atoms with Crippen molar-refractivity contribution in [3.63, 3.8) is 0 Å². The highest BCUT2D eigenvalue weighted by Crippen LogP contribution is 2.23. The second kappa shape index (κ2) is 5.09. The molecule has 0 aromatic heterocycles. The Morgan fingerprint density at radius 3 is 2.80 bits per heavy atom. The standard InChI is InChI=1S/C9H9BrN2O2S/c1-14-8(13)5-2-3-6(10)7(4-5)12-9(11)15/h2-4H,1H3,(H3,11,12,15). The first kappa shape index (κ1) is 11.9. The molecule has 6 heteroatoms. The number of rotatable bonds is 2. The molecule has 0 amide bonds. The van der Waals surface area contributed by atoms with Crippen LogP contribution >= 0.6 is 28.1 Å². The Balaban J connectivity index is 3.05. The van der Waals surface area contributed by atoms with Crippen LogP contribution in [0.2, 0.25) is 0 Å². The van der Waals surface area contributed by atoms with Gasteiger partial charge in [0.15, 0.2) is 5.11 Å². The number of hydrogen-bond donors (Lipinski definition) is 2. The van der Waals surface area contributed by atoms with Crippen LogP contribution in [0.3, 0.4) is 0 Å². The molecule has 0 aliphatic carbocycles. The lowest BCUT2D eigenvalue weighted by Gasteiger charge is -2.07. The Morgan fingerprint density at radius 1 is 1.60 bits per heavy atom. The van der Waals surface area contributed by atoms with Crippen molar-refractivity contribution in [1.82, 2.24) is 0 Å². The van der Waals surface area contributed by atoms with Gasteiger partial charge in [-0.3, -0.25) is 0 Å². The zero-order valence-electron chi connectivity index (χ0n) is 7.91. The highest BCUT2D eigenvalue weighted by atomic mass is 79.9. The van der Waals surface area contributed by atoms with Gasteiger partial charge >= 0.3 is 5.97 Å². The molecule has 0 radical (unpaired) electrons. The number of nitrogens with one attached hydrogen (secondary N) is 1. The molecule has 15 heavy (non-hydrogen) atoms. The molecule has 4 nitrogen and oxygen atoms in total. The molecular weight excluding hydrogens is 280 g/mol. The van der Waals surface area contributed by atoms with Gasteiger partial charge in [-0.1, -0.05) is 0 Å². The van der Waals surface area contributed by atoms with Gasteiger partial charge in [-0.15, -0.1) is 0 Å². The van der Waals surface area contributed by atoms with Gasteiger partial charge in [-0.25, -0.2) is 4.79 Å². The van der Waals surface area contributed by atoms with Crippen molar-refractivity contribution in [3.8, 4) is 0 Å². The number of carbonyl (C=O) groups excluding carboxylic acids is 1. The fourth-order valence-corrected chi connectivity index (χ4v) is 1.45. The number of benzene rings is 1. The van der Waals surface area contributed by atoms with E-state index >= 15 is 0 Å². The van der Waals surface area contributed by atoms with Crippen LogP contribution in [-0.4, -0.2) is 18.2 Å². The molecule has 0 heterocycles. The third-order valence-corrected chi connectivity index (χ3v) is 2.44. The zero-order valence-corrected chi connectivity index (χ0v) is 10.3. The summed E-state index contributed by atoms with van der Waals surface area (Å²) in [6, 6.07) is 4.96. The molecule has 80 valence electrons. The number of anilines is 1. The van der Waals surface area contributed by atoms with Gasteiger partial charge in [-0.2, -0.15) is 0 Å². The second-order valence-electron chi connectivity index (χ2n) is 2.68. The van der Waals surface area contributed by atoms with Gasteiger partial charge in [0.25, 0.3) is 0 Å². The van der Waals surface area contributed by atoms with Crippen molar-refractivity contribution in [2.45, 2.75) is 0 Å². The van der Waals surface area contributed by atoms with Crippen LogP contribution < -0.4 is 11.1 Å². The minimum absolute atomic E-state index is 0.137. The summed E-state index contributed by atoms with van der Waals surface area (Å²) in [5.74, 6) is -0.409. The number of methoxy groups -OCH3 is 1. The van der Waals surface area contributed by atoms with E-state index in [9.17, 15) is 4.79 Å². The van der Waals surface area contributed by atoms with E-state index in [0.717, 1.165) is 4.47 Å². The van der Waals surface area contributed by atoms with E-state index in [2.05, 4.69) is 26.0 Å². The first-order valence-electron chi connectivity index (χ1n) is 3.99. The summed E-state index contributed by atoms with van der Waals surface area (Å²) >= 11 is 8.00. The van der Waals surface area contributed by atoms with Crippen LogP contribution in [0.1, 0.15) is 10.4 Å². The number of esters is 1. The van der Waals surface area contributed by atoms with Crippen molar-refractivity contribution in [3.05, 3.63) is 28.2 Å². The molecule has 0 unspecified atom stereocenters. The fourth-order valence-electron chi connectivity index (χ4n) is 0.999. The number of carbonyl (C=O) groups is 1. The number of nitrogens with two attached hydrogens (primary N) is 1. The molecule has 0 saturated heterocycles. The smallest absolute Gasteiger partial charge is 0.337 e. The summed E-state index contributed by atoms with van der Waals surface area (Å²) in [6.45, 7) is 0. The first-order chi connectivity index (χ1) is 7.04. The van der Waals surface area contributed by atoms with Crippen LogP contribution in [-0.2, 0) is 4.74 Å². The molecule has 1 aromatic carbocycles. The lowest BCUT2D eigenvalue weighted by molar-refractivity contribution is 0.0601. The fraction of sp³-hybridized carbons (Fsp3) is 0.111. The largest absolute Gasteiger partial charge is 0.465 e. The second-order valence-corrected chi connectivity index (χ2v) is 3.97. The summed E-state index contributed by atoms with van der Waals surface area (Å²) in [5.41, 5.74) is 6.40. The maximum atomic E-state index is 11.2. The Labute approximate surface area is 101 Å². The Morgan fingerprint density at radius 2 is 2.27 bits per heavy atom. The molecule has 0 saturated carbocycles. The number of thiocarbonyl (C=S) groups is 1. The zero-order chi connectivity index (χ0) is 11.4. The van der Waals surface area contributed by atoms with Crippen LogP contribution in [0.4, 0.5) is 5.69 Å². The lowest BCUT2D eigenvalue weighted by Crippen LogP contribution is -2.19. The molecule has 0 aliphatic heterocycles. The summed E-state index contributed by atoms with van der Waals surface area (Å²) in [4.78, 5) is 11.2. The maximum absolute atomic E-state index is 11.2. The molecular formula is C9H9BrN2O2S. The predicted molar refractivity (Wildman–Crippen MR) is 65.9 cm³/mol.